The molecule has 10 atom stereocenters. The number of H-pyrrole nitrogens is 1. The van der Waals surface area contributed by atoms with Gasteiger partial charge in [-0.1, -0.05) is 0 Å². The predicted molar refractivity (Wildman–Crippen MR) is 147 cm³/mol. The number of aromatic amines is 1. The van der Waals surface area contributed by atoms with Crippen molar-refractivity contribution >= 4 is 49.5 Å². The van der Waals surface area contributed by atoms with Gasteiger partial charge in [0.05, 0.1) is 31.8 Å². The summed E-state index contributed by atoms with van der Waals surface area (Å²) in [7, 11) is -11.4. The van der Waals surface area contributed by atoms with Gasteiger partial charge in [0, 0.05) is 0 Å². The highest BCUT2D eigenvalue weighted by atomic mass is 31.2. The highest BCUT2D eigenvalue weighted by Gasteiger charge is 2.61. The summed E-state index contributed by atoms with van der Waals surface area (Å²) in [5.74, 6) is -0.448. The largest absolute Gasteiger partial charge is 0.472 e. The third-order valence-corrected chi connectivity index (χ3v) is 10.3. The molecule has 3 aliphatic rings. The number of nitrogens with one attached hydrogen (secondary N) is 1. The number of fused-ring (bicyclic) bond motifs is 5. The van der Waals surface area contributed by atoms with E-state index < -0.39 is 88.7 Å². The van der Waals surface area contributed by atoms with Crippen LogP contribution in [0, 0.1) is 0 Å². The van der Waals surface area contributed by atoms with Gasteiger partial charge in [-0.25, -0.2) is 24.5 Å². The fourth-order valence-electron chi connectivity index (χ4n) is 5.57. The second kappa shape index (κ2) is 11.0. The molecular weight excluding hydrogens is 684 g/mol. The Kier molecular flexibility index (Phi) is 7.50. The Morgan fingerprint density at radius 2 is 1.60 bits per heavy atom. The molecule has 22 nitrogen and oxygen atoms in total. The zero-order valence-corrected chi connectivity index (χ0v) is 25.0. The maximum atomic E-state index is 15.8. The molecule has 47 heavy (non-hydrogen) atoms. The first-order chi connectivity index (χ1) is 22.1. The van der Waals surface area contributed by atoms with Crippen LogP contribution in [0.3, 0.4) is 0 Å². The number of halogens is 2. The van der Waals surface area contributed by atoms with Crippen molar-refractivity contribution in [3.8, 4) is 0 Å². The van der Waals surface area contributed by atoms with E-state index >= 15 is 8.78 Å². The Morgan fingerprint density at radius 3 is 2.34 bits per heavy atom. The Bertz CT molecular complexity index is 2030. The number of rotatable bonds is 2. The van der Waals surface area contributed by atoms with Crippen molar-refractivity contribution in [3.63, 3.8) is 0 Å². The van der Waals surface area contributed by atoms with Crippen LogP contribution >= 0.6 is 15.4 Å². The number of aromatic nitrogens is 8. The molecule has 0 aliphatic carbocycles. The number of anilines is 2. The van der Waals surface area contributed by atoms with E-state index in [0.717, 1.165) is 28.1 Å². The van der Waals surface area contributed by atoms with Crippen molar-refractivity contribution in [2.24, 2.45) is 0 Å². The number of nitrogens with two attached hydrogens (primary N) is 2. The summed E-state index contributed by atoms with van der Waals surface area (Å²) in [6, 6.07) is 0. The van der Waals surface area contributed by atoms with Gasteiger partial charge in [-0.15, -0.1) is 0 Å². The SMILES string of the molecule is Nc1nc2c(ncn2[C@@H]2O[C@@H]3COP(=O)(O)OC4[C@@H](CC(F)(F)P(=O)(O)O[C@H]2C3O)O[C@@H](n2cnc3c(N)ncnc32)[C@H]4O)c(=O)[nH]1. The summed E-state index contributed by atoms with van der Waals surface area (Å²) < 4.78 is 86.4. The minimum absolute atomic E-state index is 0.0132. The standard InChI is InChI=1S/C21H24F2N10O12P2/c22-21(23)1-6-12(11(35)18(42-6)32-4-28-8-14(24)26-3-27-15(8)32)45-47(39,40)41-2-7-10(34)13(44-46(21,37)38)19(43-7)33-5-29-9-16(33)30-20(25)31-17(9)36/h3-7,10-13,18-19,34-35H,1-2H2,(H,37,38)(H,39,40)(H2,24,26,27)(H3,25,30,31,36)/t6-,7-,10?,11+,12?,13+,18-,19-/m1/s1. The number of phosphoric ester groups is 1. The number of nitrogen functional groups attached to an aromatic ring is 2. The summed E-state index contributed by atoms with van der Waals surface area (Å²) in [5.41, 5.74) is 5.34. The van der Waals surface area contributed by atoms with Gasteiger partial charge >= 0.3 is 21.1 Å². The van der Waals surface area contributed by atoms with Crippen LogP contribution in [-0.2, 0) is 32.2 Å². The van der Waals surface area contributed by atoms with Crippen LogP contribution in [0.4, 0.5) is 20.5 Å². The molecular formula is C21H24F2N10O12P2. The van der Waals surface area contributed by atoms with Crippen LogP contribution in [0.5, 0.6) is 0 Å². The molecule has 3 saturated heterocycles. The summed E-state index contributed by atoms with van der Waals surface area (Å²) in [4.78, 5) is 55.3. The Morgan fingerprint density at radius 1 is 0.915 bits per heavy atom. The summed E-state index contributed by atoms with van der Waals surface area (Å²) in [6.07, 6.45) is -14.0. The molecule has 3 fully saturated rings. The second-order valence-electron chi connectivity index (χ2n) is 10.8. The number of hydrogen-bond acceptors (Lipinski definition) is 17. The smallest absolute Gasteiger partial charge is 0.387 e. The lowest BCUT2D eigenvalue weighted by Crippen LogP contribution is -2.38. The van der Waals surface area contributed by atoms with Crippen molar-refractivity contribution in [2.45, 2.75) is 61.2 Å². The second-order valence-corrected chi connectivity index (χ2v) is 14.1. The average Bonchev–Trinajstić information content (AvgIpc) is 3.74. The zero-order chi connectivity index (χ0) is 33.6. The lowest BCUT2D eigenvalue weighted by molar-refractivity contribution is -0.0804. The summed E-state index contributed by atoms with van der Waals surface area (Å²) >= 11 is 0. The molecule has 0 amide bonds. The monoisotopic (exact) mass is 708 g/mol. The lowest BCUT2D eigenvalue weighted by Gasteiger charge is -2.30. The number of hydrogen-bond donors (Lipinski definition) is 7. The number of alkyl halides is 2. The van der Waals surface area contributed by atoms with Crippen LogP contribution in [0.1, 0.15) is 18.9 Å². The highest BCUT2D eigenvalue weighted by Crippen LogP contribution is 2.63. The number of aliphatic hydroxyl groups is 2. The van der Waals surface area contributed by atoms with Crippen LogP contribution < -0.4 is 17.0 Å². The van der Waals surface area contributed by atoms with Gasteiger partial charge in [0.1, 0.15) is 42.4 Å². The zero-order valence-electron chi connectivity index (χ0n) is 23.3. The molecule has 4 aromatic heterocycles. The number of imidazole rings is 2. The topological polar surface area (TPSA) is 320 Å². The molecule has 0 saturated carbocycles. The molecule has 26 heteroatoms. The molecule has 0 radical (unpaired) electrons. The normalized spacial score (nSPS) is 37.7. The molecule has 4 aromatic rings. The van der Waals surface area contributed by atoms with Crippen molar-refractivity contribution in [3.05, 3.63) is 29.3 Å². The number of aliphatic hydroxyl groups excluding tert-OH is 2. The first kappa shape index (κ1) is 32.0. The fourth-order valence-corrected chi connectivity index (χ4v) is 7.66. The van der Waals surface area contributed by atoms with Crippen LogP contribution in [0.2, 0.25) is 0 Å². The first-order valence-electron chi connectivity index (χ1n) is 13.4. The minimum atomic E-state index is -6.15. The third-order valence-electron chi connectivity index (χ3n) is 7.79. The molecule has 254 valence electrons. The molecule has 9 N–H and O–H groups in total. The van der Waals surface area contributed by atoms with Gasteiger partial charge in [0.25, 0.3) is 5.56 Å². The van der Waals surface area contributed by atoms with Gasteiger partial charge in [0.15, 0.2) is 35.1 Å². The number of ether oxygens (including phenoxy) is 2. The lowest BCUT2D eigenvalue weighted by atomic mass is 10.1. The number of phosphoric acid groups is 1. The van der Waals surface area contributed by atoms with Gasteiger partial charge in [-0.3, -0.25) is 37.0 Å². The summed E-state index contributed by atoms with van der Waals surface area (Å²) in [6.45, 7) is -0.972. The Hall–Kier alpha value is -3.54. The first-order valence-corrected chi connectivity index (χ1v) is 16.5. The minimum Gasteiger partial charge on any atom is -0.387 e. The van der Waals surface area contributed by atoms with Gasteiger partial charge in [0.2, 0.25) is 5.95 Å². The van der Waals surface area contributed by atoms with E-state index in [1.165, 1.54) is 0 Å². The van der Waals surface area contributed by atoms with Crippen molar-refractivity contribution in [1.29, 1.82) is 0 Å². The van der Waals surface area contributed by atoms with E-state index in [-0.39, 0.29) is 34.1 Å². The molecule has 3 aliphatic heterocycles. The van der Waals surface area contributed by atoms with Gasteiger partial charge < -0.3 is 40.9 Å². The average molecular weight is 708 g/mol. The van der Waals surface area contributed by atoms with Gasteiger partial charge in [-0.05, 0) is 0 Å². The Labute approximate surface area is 258 Å². The van der Waals surface area contributed by atoms with Crippen molar-refractivity contribution in [1.82, 2.24) is 39.0 Å². The van der Waals surface area contributed by atoms with Crippen LogP contribution in [0.25, 0.3) is 22.3 Å². The van der Waals surface area contributed by atoms with Crippen LogP contribution in [0.15, 0.2) is 23.8 Å². The van der Waals surface area contributed by atoms with E-state index in [1.807, 2.05) is 0 Å². The third kappa shape index (κ3) is 5.31. The summed E-state index contributed by atoms with van der Waals surface area (Å²) in [5, 5.41) is 22.1. The highest BCUT2D eigenvalue weighted by molar-refractivity contribution is 7.54. The molecule has 2 bridgehead atoms. The predicted octanol–water partition coefficient (Wildman–Crippen LogP) is -1.29. The quantitative estimate of drug-likeness (QED) is 0.119. The van der Waals surface area contributed by atoms with E-state index in [0.29, 0.717) is 0 Å². The van der Waals surface area contributed by atoms with Crippen molar-refractivity contribution in [2.75, 3.05) is 18.1 Å². The van der Waals surface area contributed by atoms with Crippen molar-refractivity contribution < 1.29 is 61.0 Å². The maximum Gasteiger partial charge on any atom is 0.472 e. The van der Waals surface area contributed by atoms with Crippen LogP contribution in [-0.4, -0.2) is 108 Å². The molecule has 7 rings (SSSR count). The van der Waals surface area contributed by atoms with E-state index in [1.54, 1.807) is 0 Å². The van der Waals surface area contributed by atoms with E-state index in [9.17, 15) is 33.9 Å². The van der Waals surface area contributed by atoms with E-state index in [2.05, 4.69) is 29.9 Å². The molecule has 7 heterocycles. The maximum absolute atomic E-state index is 15.8. The Balaban J connectivity index is 1.26. The van der Waals surface area contributed by atoms with E-state index in [4.69, 9.17) is 34.5 Å². The molecule has 4 unspecified atom stereocenters. The fraction of sp³-hybridized carbons (Fsp3) is 0.524. The molecule has 0 aromatic carbocycles. The number of nitrogens with zero attached hydrogens (tertiary/aromatic N) is 7. The van der Waals surface area contributed by atoms with Gasteiger partial charge in [-0.2, -0.15) is 13.8 Å². The molecule has 0 spiro atoms.